The number of halogens is 3. The fourth-order valence-corrected chi connectivity index (χ4v) is 1.95. The lowest BCUT2D eigenvalue weighted by molar-refractivity contribution is -0.0497. The summed E-state index contributed by atoms with van der Waals surface area (Å²) in [6, 6.07) is 4.49. The highest BCUT2D eigenvalue weighted by molar-refractivity contribution is 6.32. The van der Waals surface area contributed by atoms with Crippen molar-refractivity contribution in [2.45, 2.75) is 19.7 Å². The van der Waals surface area contributed by atoms with E-state index in [0.29, 0.717) is 18.8 Å². The summed E-state index contributed by atoms with van der Waals surface area (Å²) in [5, 5.41) is 16.1. The molecule has 0 saturated heterocycles. The molecule has 0 atom stereocenters. The van der Waals surface area contributed by atoms with Gasteiger partial charge >= 0.3 is 6.61 Å². The fraction of sp³-hybridized carbons (Fsp3) is 0.308. The Balaban J connectivity index is 1.94. The number of aliphatic hydroxyl groups is 1. The summed E-state index contributed by atoms with van der Waals surface area (Å²) in [5.74, 6) is -0.0621. The Morgan fingerprint density at radius 1 is 1.43 bits per heavy atom. The van der Waals surface area contributed by atoms with Crippen molar-refractivity contribution in [3.63, 3.8) is 0 Å². The highest BCUT2D eigenvalue weighted by Crippen LogP contribution is 2.29. The number of alkyl halides is 2. The van der Waals surface area contributed by atoms with Gasteiger partial charge in [0.25, 0.3) is 0 Å². The van der Waals surface area contributed by atoms with Crippen LogP contribution >= 0.6 is 11.6 Å². The largest absolute Gasteiger partial charge is 0.433 e. The molecule has 1 aromatic carbocycles. The molecule has 2 aromatic rings. The highest BCUT2D eigenvalue weighted by Gasteiger charge is 2.09. The molecule has 8 heteroatoms. The van der Waals surface area contributed by atoms with Crippen LogP contribution in [0.3, 0.4) is 0 Å². The average molecular weight is 318 g/mol. The Kier molecular flexibility index (Phi) is 5.35. The Morgan fingerprint density at radius 2 is 2.24 bits per heavy atom. The maximum Gasteiger partial charge on any atom is 0.387 e. The maximum atomic E-state index is 12.1. The first-order chi connectivity index (χ1) is 10.1. The molecule has 2 N–H and O–H groups in total. The summed E-state index contributed by atoms with van der Waals surface area (Å²) < 4.78 is 30.1. The summed E-state index contributed by atoms with van der Waals surface area (Å²) in [6.45, 7) is -1.95. The van der Waals surface area contributed by atoms with Crippen LogP contribution in [0.5, 0.6) is 5.75 Å². The van der Waals surface area contributed by atoms with E-state index in [0.717, 1.165) is 5.56 Å². The molecule has 0 radical (unpaired) electrons. The number of aromatic nitrogens is 2. The molecule has 0 amide bonds. The van der Waals surface area contributed by atoms with Gasteiger partial charge in [0.2, 0.25) is 0 Å². The molecule has 0 aliphatic rings. The quantitative estimate of drug-likeness (QED) is 0.824. The standard InChI is InChI=1S/C13H14ClF2N3O2/c14-11-5-10(1-2-12(11)21-13(15)16)17-6-9-7-18-19(8-9)3-4-20/h1-2,5,7-8,13,17,20H,3-4,6H2. The minimum Gasteiger partial charge on any atom is -0.433 e. The third-order valence-corrected chi connectivity index (χ3v) is 2.96. The highest BCUT2D eigenvalue weighted by atomic mass is 35.5. The number of benzene rings is 1. The lowest BCUT2D eigenvalue weighted by Crippen LogP contribution is -2.03. The topological polar surface area (TPSA) is 59.3 Å². The minimum absolute atomic E-state index is 0.0236. The van der Waals surface area contributed by atoms with Crippen molar-refractivity contribution in [2.24, 2.45) is 0 Å². The van der Waals surface area contributed by atoms with Crippen molar-refractivity contribution >= 4 is 17.3 Å². The van der Waals surface area contributed by atoms with Gasteiger partial charge in [-0.3, -0.25) is 4.68 Å². The third kappa shape index (κ3) is 4.57. The lowest BCUT2D eigenvalue weighted by Gasteiger charge is -2.09. The molecule has 0 fully saturated rings. The van der Waals surface area contributed by atoms with Gasteiger partial charge in [-0.2, -0.15) is 13.9 Å². The van der Waals surface area contributed by atoms with Gasteiger partial charge in [0.15, 0.2) is 0 Å². The molecule has 0 unspecified atom stereocenters. The van der Waals surface area contributed by atoms with Gasteiger partial charge in [0.1, 0.15) is 5.75 Å². The van der Waals surface area contributed by atoms with Crippen molar-refractivity contribution < 1.29 is 18.6 Å². The van der Waals surface area contributed by atoms with Crippen molar-refractivity contribution in [1.82, 2.24) is 9.78 Å². The second kappa shape index (κ2) is 7.24. The molecule has 0 bridgehead atoms. The molecular weight excluding hydrogens is 304 g/mol. The molecule has 21 heavy (non-hydrogen) atoms. The van der Waals surface area contributed by atoms with Crippen LogP contribution in [-0.4, -0.2) is 28.1 Å². The second-order valence-electron chi connectivity index (χ2n) is 4.21. The number of ether oxygens (including phenoxy) is 1. The van der Waals surface area contributed by atoms with Crippen LogP contribution in [0.4, 0.5) is 14.5 Å². The lowest BCUT2D eigenvalue weighted by atomic mass is 10.3. The zero-order chi connectivity index (χ0) is 15.2. The summed E-state index contributed by atoms with van der Waals surface area (Å²) in [4.78, 5) is 0. The average Bonchev–Trinajstić information content (AvgIpc) is 2.87. The zero-order valence-electron chi connectivity index (χ0n) is 11.0. The van der Waals surface area contributed by atoms with Crippen LogP contribution in [0.25, 0.3) is 0 Å². The molecular formula is C13H14ClF2N3O2. The van der Waals surface area contributed by atoms with Gasteiger partial charge in [-0.15, -0.1) is 0 Å². The summed E-state index contributed by atoms with van der Waals surface area (Å²) >= 11 is 5.86. The van der Waals surface area contributed by atoms with Crippen LogP contribution in [-0.2, 0) is 13.1 Å². The van der Waals surface area contributed by atoms with E-state index in [4.69, 9.17) is 16.7 Å². The van der Waals surface area contributed by atoms with Gasteiger partial charge in [0.05, 0.1) is 24.4 Å². The van der Waals surface area contributed by atoms with Crippen LogP contribution in [0.1, 0.15) is 5.56 Å². The van der Waals surface area contributed by atoms with Crippen LogP contribution < -0.4 is 10.1 Å². The van der Waals surface area contributed by atoms with Gasteiger partial charge in [0, 0.05) is 24.0 Å². The van der Waals surface area contributed by atoms with Crippen molar-refractivity contribution in [3.8, 4) is 5.75 Å². The SMILES string of the molecule is OCCn1cc(CNc2ccc(OC(F)F)c(Cl)c2)cn1. The Labute approximate surface area is 125 Å². The molecule has 1 aromatic heterocycles. The number of hydrogen-bond acceptors (Lipinski definition) is 4. The smallest absolute Gasteiger partial charge is 0.387 e. The van der Waals surface area contributed by atoms with E-state index in [2.05, 4.69) is 15.2 Å². The van der Waals surface area contributed by atoms with E-state index in [1.807, 2.05) is 0 Å². The Morgan fingerprint density at radius 3 is 2.90 bits per heavy atom. The zero-order valence-corrected chi connectivity index (χ0v) is 11.7. The minimum atomic E-state index is -2.90. The van der Waals surface area contributed by atoms with Crippen molar-refractivity contribution in [3.05, 3.63) is 41.2 Å². The Hall–Kier alpha value is -1.86. The number of anilines is 1. The normalized spacial score (nSPS) is 10.9. The predicted octanol–water partition coefficient (Wildman–Crippen LogP) is 2.74. The monoisotopic (exact) mass is 317 g/mol. The summed E-state index contributed by atoms with van der Waals surface area (Å²) in [6.07, 6.45) is 3.48. The molecule has 2 rings (SSSR count). The summed E-state index contributed by atoms with van der Waals surface area (Å²) in [7, 11) is 0. The van der Waals surface area contributed by atoms with Crippen LogP contribution in [0.15, 0.2) is 30.6 Å². The number of nitrogens with zero attached hydrogens (tertiary/aromatic N) is 2. The van der Waals surface area contributed by atoms with Gasteiger partial charge < -0.3 is 15.2 Å². The van der Waals surface area contributed by atoms with Gasteiger partial charge in [-0.05, 0) is 18.2 Å². The molecule has 0 aliphatic heterocycles. The van der Waals surface area contributed by atoms with E-state index in [1.165, 1.54) is 12.1 Å². The maximum absolute atomic E-state index is 12.1. The first-order valence-corrected chi connectivity index (χ1v) is 6.56. The molecule has 1 heterocycles. The first-order valence-electron chi connectivity index (χ1n) is 6.19. The molecule has 0 aliphatic carbocycles. The molecule has 0 spiro atoms. The number of hydrogen-bond donors (Lipinski definition) is 2. The Bertz CT molecular complexity index is 593. The number of nitrogens with one attached hydrogen (secondary N) is 1. The first kappa shape index (κ1) is 15.5. The third-order valence-electron chi connectivity index (χ3n) is 2.66. The van der Waals surface area contributed by atoms with Crippen LogP contribution in [0.2, 0.25) is 5.02 Å². The molecule has 0 saturated carbocycles. The number of aliphatic hydroxyl groups excluding tert-OH is 1. The van der Waals surface area contributed by atoms with E-state index in [9.17, 15) is 8.78 Å². The van der Waals surface area contributed by atoms with Crippen LogP contribution in [0, 0.1) is 0 Å². The van der Waals surface area contributed by atoms with E-state index < -0.39 is 6.61 Å². The number of rotatable bonds is 7. The second-order valence-corrected chi connectivity index (χ2v) is 4.62. The van der Waals surface area contributed by atoms with E-state index in [-0.39, 0.29) is 17.4 Å². The fourth-order valence-electron chi connectivity index (χ4n) is 1.73. The predicted molar refractivity (Wildman–Crippen MR) is 74.7 cm³/mol. The molecule has 5 nitrogen and oxygen atoms in total. The van der Waals surface area contributed by atoms with Crippen molar-refractivity contribution in [2.75, 3.05) is 11.9 Å². The van der Waals surface area contributed by atoms with Crippen molar-refractivity contribution in [1.29, 1.82) is 0 Å². The van der Waals surface area contributed by atoms with Gasteiger partial charge in [-0.1, -0.05) is 11.6 Å². The van der Waals surface area contributed by atoms with Gasteiger partial charge in [-0.25, -0.2) is 0 Å². The van der Waals surface area contributed by atoms with E-state index >= 15 is 0 Å². The molecule has 114 valence electrons. The summed E-state index contributed by atoms with van der Waals surface area (Å²) in [5.41, 5.74) is 1.60. The van der Waals surface area contributed by atoms with E-state index in [1.54, 1.807) is 23.1 Å².